The molecule has 0 heterocycles. The fraction of sp³-hybridized carbons (Fsp3) is 0.429. The summed E-state index contributed by atoms with van der Waals surface area (Å²) in [6, 6.07) is 7.45. The zero-order chi connectivity index (χ0) is 13.8. The lowest BCUT2D eigenvalue weighted by Gasteiger charge is -2.19. The Bertz CT molecular complexity index is 491. The first-order valence-corrected chi connectivity index (χ1v) is 5.84. The number of rotatable bonds is 4. The molecule has 0 radical (unpaired) electrons. The summed E-state index contributed by atoms with van der Waals surface area (Å²) in [6.45, 7) is 5.35. The first-order valence-electron chi connectivity index (χ1n) is 5.84. The maximum Gasteiger partial charge on any atom is 0.244 e. The summed E-state index contributed by atoms with van der Waals surface area (Å²) in [6.07, 6.45) is 0.477. The average Bonchev–Trinajstić information content (AvgIpc) is 2.39. The number of aryl methyl sites for hydroxylation is 1. The highest BCUT2D eigenvalue weighted by molar-refractivity contribution is 5.97. The SMILES string of the molecule is CCC(C)(C#N)C(=O)Nc1ccc(OC)cc1C. The molecule has 0 aliphatic rings. The van der Waals surface area contributed by atoms with Gasteiger partial charge in [-0.2, -0.15) is 5.26 Å². The summed E-state index contributed by atoms with van der Waals surface area (Å²) in [7, 11) is 1.59. The van der Waals surface area contributed by atoms with Gasteiger partial charge in [0, 0.05) is 5.69 Å². The zero-order valence-corrected chi connectivity index (χ0v) is 11.2. The van der Waals surface area contributed by atoms with E-state index in [2.05, 4.69) is 11.4 Å². The zero-order valence-electron chi connectivity index (χ0n) is 11.2. The van der Waals surface area contributed by atoms with Crippen molar-refractivity contribution in [3.05, 3.63) is 23.8 Å². The number of amides is 1. The Morgan fingerprint density at radius 1 is 1.56 bits per heavy atom. The molecule has 18 heavy (non-hydrogen) atoms. The van der Waals surface area contributed by atoms with Gasteiger partial charge in [0.05, 0.1) is 13.2 Å². The topological polar surface area (TPSA) is 62.1 Å². The van der Waals surface area contributed by atoms with E-state index in [9.17, 15) is 4.79 Å². The minimum atomic E-state index is -0.994. The lowest BCUT2D eigenvalue weighted by atomic mass is 9.88. The summed E-state index contributed by atoms with van der Waals surface area (Å²) >= 11 is 0. The number of benzene rings is 1. The third-order valence-corrected chi connectivity index (χ3v) is 3.14. The van der Waals surface area contributed by atoms with E-state index in [0.29, 0.717) is 12.1 Å². The lowest BCUT2D eigenvalue weighted by Crippen LogP contribution is -2.31. The summed E-state index contributed by atoms with van der Waals surface area (Å²) < 4.78 is 5.10. The molecule has 96 valence electrons. The van der Waals surface area contributed by atoms with Gasteiger partial charge in [-0.25, -0.2) is 0 Å². The highest BCUT2D eigenvalue weighted by atomic mass is 16.5. The monoisotopic (exact) mass is 246 g/mol. The second kappa shape index (κ2) is 5.54. The smallest absolute Gasteiger partial charge is 0.244 e. The molecule has 1 N–H and O–H groups in total. The van der Waals surface area contributed by atoms with Crippen LogP contribution in [0.25, 0.3) is 0 Å². The molecule has 0 bridgehead atoms. The van der Waals surface area contributed by atoms with Crippen LogP contribution in [0.15, 0.2) is 18.2 Å². The summed E-state index contributed by atoms with van der Waals surface area (Å²) in [5, 5.41) is 11.8. The van der Waals surface area contributed by atoms with Crippen LogP contribution in [0, 0.1) is 23.7 Å². The van der Waals surface area contributed by atoms with E-state index in [1.165, 1.54) is 0 Å². The van der Waals surface area contributed by atoms with Crippen LogP contribution in [-0.2, 0) is 4.79 Å². The number of hydrogen-bond donors (Lipinski definition) is 1. The van der Waals surface area contributed by atoms with Crippen molar-refractivity contribution in [3.63, 3.8) is 0 Å². The van der Waals surface area contributed by atoms with Gasteiger partial charge in [0.1, 0.15) is 11.2 Å². The van der Waals surface area contributed by atoms with Crippen molar-refractivity contribution in [2.24, 2.45) is 5.41 Å². The first-order chi connectivity index (χ1) is 8.46. The fourth-order valence-corrected chi connectivity index (χ4v) is 1.45. The number of carbonyl (C=O) groups excluding carboxylic acids is 1. The molecule has 1 amide bonds. The van der Waals surface area contributed by atoms with E-state index in [0.717, 1.165) is 11.3 Å². The molecule has 0 aliphatic carbocycles. The summed E-state index contributed by atoms with van der Waals surface area (Å²) in [5.74, 6) is 0.463. The van der Waals surface area contributed by atoms with Crippen LogP contribution in [0.4, 0.5) is 5.69 Å². The van der Waals surface area contributed by atoms with Gasteiger partial charge in [0.25, 0.3) is 0 Å². The van der Waals surface area contributed by atoms with Crippen molar-refractivity contribution >= 4 is 11.6 Å². The predicted molar refractivity (Wildman–Crippen MR) is 70.4 cm³/mol. The van der Waals surface area contributed by atoms with E-state index >= 15 is 0 Å². The van der Waals surface area contributed by atoms with Gasteiger partial charge in [-0.3, -0.25) is 4.79 Å². The van der Waals surface area contributed by atoms with Gasteiger partial charge in [0.2, 0.25) is 5.91 Å². The molecule has 1 rings (SSSR count). The molecule has 4 heteroatoms. The second-order valence-corrected chi connectivity index (χ2v) is 4.43. The van der Waals surface area contributed by atoms with Gasteiger partial charge in [-0.15, -0.1) is 0 Å². The molecule has 1 unspecified atom stereocenters. The Kier molecular flexibility index (Phi) is 4.33. The van der Waals surface area contributed by atoms with Crippen molar-refractivity contribution in [3.8, 4) is 11.8 Å². The third kappa shape index (κ3) is 2.80. The Morgan fingerprint density at radius 3 is 2.67 bits per heavy atom. The molecule has 0 fully saturated rings. The number of nitrogens with zero attached hydrogens (tertiary/aromatic N) is 1. The van der Waals surface area contributed by atoms with E-state index in [1.54, 1.807) is 26.2 Å². The predicted octanol–water partition coefficient (Wildman–Crippen LogP) is 2.88. The number of nitriles is 1. The normalized spacial score (nSPS) is 13.3. The minimum Gasteiger partial charge on any atom is -0.497 e. The molecule has 0 saturated carbocycles. The number of hydrogen-bond acceptors (Lipinski definition) is 3. The van der Waals surface area contributed by atoms with Gasteiger partial charge in [0.15, 0.2) is 0 Å². The van der Waals surface area contributed by atoms with Crippen molar-refractivity contribution < 1.29 is 9.53 Å². The van der Waals surface area contributed by atoms with Gasteiger partial charge in [-0.1, -0.05) is 6.92 Å². The molecule has 0 saturated heterocycles. The second-order valence-electron chi connectivity index (χ2n) is 4.43. The summed E-state index contributed by atoms with van der Waals surface area (Å²) in [4.78, 5) is 12.0. The van der Waals surface area contributed by atoms with E-state index in [-0.39, 0.29) is 5.91 Å². The van der Waals surface area contributed by atoms with Crippen LogP contribution < -0.4 is 10.1 Å². The van der Waals surface area contributed by atoms with Crippen LogP contribution in [0.5, 0.6) is 5.75 Å². The van der Waals surface area contributed by atoms with E-state index in [1.807, 2.05) is 19.9 Å². The lowest BCUT2D eigenvalue weighted by molar-refractivity contribution is -0.122. The summed E-state index contributed by atoms with van der Waals surface area (Å²) in [5.41, 5.74) is 0.613. The van der Waals surface area contributed by atoms with Crippen molar-refractivity contribution in [2.45, 2.75) is 27.2 Å². The van der Waals surface area contributed by atoms with Crippen LogP contribution in [-0.4, -0.2) is 13.0 Å². The maximum atomic E-state index is 12.0. The molecule has 0 spiro atoms. The number of nitrogens with one attached hydrogen (secondary N) is 1. The van der Waals surface area contributed by atoms with Gasteiger partial charge >= 0.3 is 0 Å². The molecular formula is C14H18N2O2. The van der Waals surface area contributed by atoms with Crippen LogP contribution in [0.1, 0.15) is 25.8 Å². The Balaban J connectivity index is 2.93. The van der Waals surface area contributed by atoms with E-state index in [4.69, 9.17) is 10.00 Å². The molecule has 1 atom stereocenters. The molecular weight excluding hydrogens is 228 g/mol. The molecule has 4 nitrogen and oxygen atoms in total. The molecule has 0 aliphatic heterocycles. The Labute approximate surface area is 108 Å². The highest BCUT2D eigenvalue weighted by Crippen LogP contribution is 2.25. The third-order valence-electron chi connectivity index (χ3n) is 3.14. The quantitative estimate of drug-likeness (QED) is 0.888. The van der Waals surface area contributed by atoms with Crippen LogP contribution in [0.2, 0.25) is 0 Å². The Hall–Kier alpha value is -2.02. The van der Waals surface area contributed by atoms with Crippen LogP contribution in [0.3, 0.4) is 0 Å². The maximum absolute atomic E-state index is 12.0. The van der Waals surface area contributed by atoms with Gasteiger partial charge in [-0.05, 0) is 44.0 Å². The standard InChI is InChI=1S/C14H18N2O2/c1-5-14(3,9-15)13(17)16-12-7-6-11(18-4)8-10(12)2/h6-8H,5H2,1-4H3,(H,16,17). The number of carbonyl (C=O) groups is 1. The fourth-order valence-electron chi connectivity index (χ4n) is 1.45. The van der Waals surface area contributed by atoms with Crippen molar-refractivity contribution in [2.75, 3.05) is 12.4 Å². The average molecular weight is 246 g/mol. The molecule has 0 aromatic heterocycles. The number of ether oxygens (including phenoxy) is 1. The van der Waals surface area contributed by atoms with Gasteiger partial charge < -0.3 is 10.1 Å². The van der Waals surface area contributed by atoms with Crippen molar-refractivity contribution in [1.82, 2.24) is 0 Å². The number of methoxy groups -OCH3 is 1. The largest absolute Gasteiger partial charge is 0.497 e. The molecule has 1 aromatic carbocycles. The first kappa shape index (κ1) is 14.0. The molecule has 1 aromatic rings. The minimum absolute atomic E-state index is 0.277. The van der Waals surface area contributed by atoms with Crippen molar-refractivity contribution in [1.29, 1.82) is 5.26 Å². The Morgan fingerprint density at radius 2 is 2.22 bits per heavy atom. The van der Waals surface area contributed by atoms with Crippen LogP contribution >= 0.6 is 0 Å². The van der Waals surface area contributed by atoms with E-state index < -0.39 is 5.41 Å². The highest BCUT2D eigenvalue weighted by Gasteiger charge is 2.31. The number of anilines is 1.